The molecule has 1 unspecified atom stereocenters. The number of amidine groups is 2. The summed E-state index contributed by atoms with van der Waals surface area (Å²) in [5.74, 6) is 1.42. The van der Waals surface area contributed by atoms with Crippen LogP contribution in [0.3, 0.4) is 0 Å². The van der Waals surface area contributed by atoms with E-state index in [0.717, 1.165) is 66.5 Å². The molecule has 0 saturated heterocycles. The summed E-state index contributed by atoms with van der Waals surface area (Å²) in [6.07, 6.45) is -0.383. The fourth-order valence-electron chi connectivity index (χ4n) is 8.13. The van der Waals surface area contributed by atoms with Gasteiger partial charge in [0.25, 0.3) is 0 Å². The summed E-state index contributed by atoms with van der Waals surface area (Å²) in [6, 6.07) is 70.6. The highest BCUT2D eigenvalue weighted by Gasteiger charge is 2.25. The lowest BCUT2D eigenvalue weighted by Crippen LogP contribution is -2.33. The molecule has 0 bridgehead atoms. The third-order valence-corrected chi connectivity index (χ3v) is 11.1. The van der Waals surface area contributed by atoms with Crippen molar-refractivity contribution in [3.8, 4) is 33.4 Å². The van der Waals surface area contributed by atoms with Crippen LogP contribution in [-0.2, 0) is 0 Å². The van der Waals surface area contributed by atoms with Gasteiger partial charge in [-0.2, -0.15) is 0 Å². The third-order valence-electron chi connectivity index (χ3n) is 11.1. The first-order valence-electron chi connectivity index (χ1n) is 19.3. The van der Waals surface area contributed by atoms with Crippen LogP contribution >= 0.6 is 0 Å². The van der Waals surface area contributed by atoms with Gasteiger partial charge < -0.3 is 9.73 Å². The molecule has 0 radical (unpaired) electrons. The quantitative estimate of drug-likeness (QED) is 0.185. The smallest absolute Gasteiger partial charge is 0.159 e. The number of nitrogens with zero attached hydrogens (tertiary/aromatic N) is 2. The van der Waals surface area contributed by atoms with Crippen molar-refractivity contribution in [1.82, 2.24) is 5.32 Å². The summed E-state index contributed by atoms with van der Waals surface area (Å²) in [4.78, 5) is 10.6. The molecule has 0 amide bonds. The second-order valence-corrected chi connectivity index (χ2v) is 14.6. The molecule has 10 aromatic rings. The zero-order valence-corrected chi connectivity index (χ0v) is 30.9. The van der Waals surface area contributed by atoms with Gasteiger partial charge in [0.15, 0.2) is 5.84 Å². The number of benzene rings is 9. The standard InChI is InChI=1S/C53H35N3O/c1-2-10-34(11-3-1)37-18-20-39(21-19-37)45-32-47(50-46-16-8-9-17-48(46)57-49(50)33-45)53-55-51(54-52(56-53)44-29-25-36-13-5-7-15-42(36)31-44)40-26-22-38(23-27-40)43-28-24-35-12-4-6-14-41(35)30-43/h1-33,51H,(H,54,55,56). The summed E-state index contributed by atoms with van der Waals surface area (Å²) in [5, 5.41) is 10.6. The lowest BCUT2D eigenvalue weighted by atomic mass is 9.96. The summed E-state index contributed by atoms with van der Waals surface area (Å²) in [6.45, 7) is 0. The Balaban J connectivity index is 1.05. The maximum Gasteiger partial charge on any atom is 0.159 e. The first kappa shape index (κ1) is 32.8. The minimum Gasteiger partial charge on any atom is -0.456 e. The van der Waals surface area contributed by atoms with E-state index >= 15 is 0 Å². The molecule has 9 aromatic carbocycles. The first-order valence-corrected chi connectivity index (χ1v) is 19.3. The van der Waals surface area contributed by atoms with Crippen molar-refractivity contribution < 1.29 is 4.42 Å². The molecule has 0 saturated carbocycles. The van der Waals surface area contributed by atoms with E-state index in [1.807, 2.05) is 18.2 Å². The molecule has 4 heteroatoms. The number of nitrogens with one attached hydrogen (secondary N) is 1. The predicted octanol–water partition coefficient (Wildman–Crippen LogP) is 13.4. The fourth-order valence-corrected chi connectivity index (χ4v) is 8.13. The Morgan fingerprint density at radius 2 is 0.947 bits per heavy atom. The van der Waals surface area contributed by atoms with Crippen LogP contribution < -0.4 is 5.32 Å². The van der Waals surface area contributed by atoms with Crippen LogP contribution in [0.4, 0.5) is 0 Å². The molecule has 1 aliphatic rings. The van der Waals surface area contributed by atoms with Gasteiger partial charge in [0.2, 0.25) is 0 Å². The van der Waals surface area contributed by atoms with Gasteiger partial charge in [-0.05, 0) is 90.8 Å². The molecular weight excluding hydrogens is 695 g/mol. The molecular formula is C53H35N3O. The van der Waals surface area contributed by atoms with E-state index in [1.165, 1.54) is 32.8 Å². The van der Waals surface area contributed by atoms with E-state index in [4.69, 9.17) is 14.4 Å². The average Bonchev–Trinajstić information content (AvgIpc) is 3.67. The lowest BCUT2D eigenvalue weighted by molar-refractivity contribution is 0.668. The van der Waals surface area contributed by atoms with E-state index in [0.29, 0.717) is 5.84 Å². The van der Waals surface area contributed by atoms with Crippen molar-refractivity contribution in [3.05, 3.63) is 217 Å². The fraction of sp³-hybridized carbons (Fsp3) is 0.0189. The van der Waals surface area contributed by atoms with Crippen LogP contribution in [0, 0.1) is 0 Å². The Hall–Kier alpha value is -7.56. The van der Waals surface area contributed by atoms with Crippen molar-refractivity contribution in [2.75, 3.05) is 0 Å². The Morgan fingerprint density at radius 1 is 0.404 bits per heavy atom. The number of hydrogen-bond donors (Lipinski definition) is 1. The van der Waals surface area contributed by atoms with E-state index in [9.17, 15) is 0 Å². The van der Waals surface area contributed by atoms with Crippen molar-refractivity contribution in [2.24, 2.45) is 9.98 Å². The normalized spacial score (nSPS) is 14.1. The number of para-hydroxylation sites is 1. The highest BCUT2D eigenvalue weighted by atomic mass is 16.3. The second-order valence-electron chi connectivity index (χ2n) is 14.6. The van der Waals surface area contributed by atoms with Gasteiger partial charge in [0.1, 0.15) is 23.2 Å². The third kappa shape index (κ3) is 6.05. The topological polar surface area (TPSA) is 49.9 Å². The molecule has 1 N–H and O–H groups in total. The van der Waals surface area contributed by atoms with E-state index < -0.39 is 0 Å². The Bertz CT molecular complexity index is 3190. The molecule has 0 spiro atoms. The molecule has 4 nitrogen and oxygen atoms in total. The summed E-state index contributed by atoms with van der Waals surface area (Å²) < 4.78 is 6.58. The number of fused-ring (bicyclic) bond motifs is 5. The Morgan fingerprint density at radius 3 is 1.68 bits per heavy atom. The highest BCUT2D eigenvalue weighted by Crippen LogP contribution is 2.37. The van der Waals surface area contributed by atoms with Crippen LogP contribution in [0.5, 0.6) is 0 Å². The van der Waals surface area contributed by atoms with Crippen molar-refractivity contribution in [3.63, 3.8) is 0 Å². The predicted molar refractivity (Wildman–Crippen MR) is 237 cm³/mol. The average molecular weight is 730 g/mol. The summed E-state index contributed by atoms with van der Waals surface area (Å²) >= 11 is 0. The minimum absolute atomic E-state index is 0.383. The molecule has 11 rings (SSSR count). The maximum absolute atomic E-state index is 6.58. The van der Waals surface area contributed by atoms with Gasteiger partial charge >= 0.3 is 0 Å². The molecule has 1 atom stereocenters. The highest BCUT2D eigenvalue weighted by molar-refractivity contribution is 6.22. The first-order chi connectivity index (χ1) is 28.2. The number of furan rings is 1. The van der Waals surface area contributed by atoms with Crippen molar-refractivity contribution in [2.45, 2.75) is 6.17 Å². The van der Waals surface area contributed by atoms with Crippen LogP contribution in [0.1, 0.15) is 22.9 Å². The van der Waals surface area contributed by atoms with Gasteiger partial charge in [-0.15, -0.1) is 0 Å². The molecule has 268 valence electrons. The monoisotopic (exact) mass is 729 g/mol. The zero-order chi connectivity index (χ0) is 37.7. The van der Waals surface area contributed by atoms with Crippen molar-refractivity contribution in [1.29, 1.82) is 0 Å². The largest absolute Gasteiger partial charge is 0.456 e. The number of hydrogen-bond acceptors (Lipinski definition) is 4. The SMILES string of the molecule is c1ccc(-c2ccc(-c3cc(C4=NC(c5ccc6ccccc6c5)=NC(c5ccc(-c6ccc7ccccc7c6)cc5)N4)c4c(c3)oc3ccccc34)cc2)cc1. The minimum atomic E-state index is -0.383. The number of aliphatic imine (C=N–C) groups is 2. The zero-order valence-electron chi connectivity index (χ0n) is 30.9. The summed E-state index contributed by atoms with van der Waals surface area (Å²) in [7, 11) is 0. The van der Waals surface area contributed by atoms with E-state index in [2.05, 4.69) is 187 Å². The van der Waals surface area contributed by atoms with Crippen LogP contribution in [0.25, 0.3) is 76.9 Å². The Kier molecular flexibility index (Phi) is 7.85. The molecule has 0 aliphatic carbocycles. The van der Waals surface area contributed by atoms with Crippen molar-refractivity contribution >= 4 is 55.2 Å². The molecule has 1 aromatic heterocycles. The maximum atomic E-state index is 6.58. The van der Waals surface area contributed by atoms with E-state index in [-0.39, 0.29) is 6.17 Å². The Labute approximate surface area is 330 Å². The number of rotatable bonds is 6. The van der Waals surface area contributed by atoms with E-state index in [1.54, 1.807) is 0 Å². The van der Waals surface area contributed by atoms with Crippen LogP contribution in [0.15, 0.2) is 215 Å². The molecule has 2 heterocycles. The van der Waals surface area contributed by atoms with Crippen LogP contribution in [0.2, 0.25) is 0 Å². The van der Waals surface area contributed by atoms with Gasteiger partial charge in [0.05, 0.1) is 0 Å². The lowest BCUT2D eigenvalue weighted by Gasteiger charge is -2.24. The van der Waals surface area contributed by atoms with Gasteiger partial charge in [0, 0.05) is 21.9 Å². The molecule has 57 heavy (non-hydrogen) atoms. The van der Waals surface area contributed by atoms with Gasteiger partial charge in [-0.1, -0.05) is 170 Å². The molecule has 1 aliphatic heterocycles. The molecule has 0 fully saturated rings. The second kappa shape index (κ2) is 13.6. The van der Waals surface area contributed by atoms with Crippen LogP contribution in [-0.4, -0.2) is 11.7 Å². The van der Waals surface area contributed by atoms with Gasteiger partial charge in [-0.3, -0.25) is 0 Å². The van der Waals surface area contributed by atoms with Gasteiger partial charge in [-0.25, -0.2) is 9.98 Å². The summed E-state index contributed by atoms with van der Waals surface area (Å²) in [5.41, 5.74) is 11.5.